The fourth-order valence-electron chi connectivity index (χ4n) is 0.653. The molecule has 0 heterocycles. The van der Waals surface area contributed by atoms with Gasteiger partial charge in [0.05, 0.1) is 0 Å². The largest absolute Gasteiger partial charge is 0.435 e. The third-order valence-corrected chi connectivity index (χ3v) is 1.12. The lowest BCUT2D eigenvalue weighted by Crippen LogP contribution is -2.02. The predicted molar refractivity (Wildman–Crippen MR) is 33.0 cm³/mol. The summed E-state index contributed by atoms with van der Waals surface area (Å²) in [6.45, 7) is -3.03. The molecule has 1 rings (SSSR count). The molecule has 0 saturated heterocycles. The third-order valence-electron chi connectivity index (χ3n) is 1.12. The SMILES string of the molecule is Fc1ccc(OC(F)F)cc1F. The first-order valence-electron chi connectivity index (χ1n) is 2.99. The standard InChI is InChI=1S/C7H4F4O/c8-5-2-1-4(3-6(5)9)12-7(10)11/h1-3,7H. The van der Waals surface area contributed by atoms with Gasteiger partial charge in [0.25, 0.3) is 0 Å². The van der Waals surface area contributed by atoms with E-state index in [1.807, 2.05) is 0 Å². The lowest BCUT2D eigenvalue weighted by molar-refractivity contribution is -0.0500. The monoisotopic (exact) mass is 180 g/mol. The van der Waals surface area contributed by atoms with Crippen LogP contribution >= 0.6 is 0 Å². The van der Waals surface area contributed by atoms with Gasteiger partial charge in [0.1, 0.15) is 5.75 Å². The molecule has 0 radical (unpaired) electrons. The molecule has 0 bridgehead atoms. The summed E-state index contributed by atoms with van der Waals surface area (Å²) in [5.41, 5.74) is 0. The summed E-state index contributed by atoms with van der Waals surface area (Å²) in [6.07, 6.45) is 0. The third kappa shape index (κ3) is 2.11. The first-order valence-corrected chi connectivity index (χ1v) is 2.99. The molecule has 1 aromatic carbocycles. The van der Waals surface area contributed by atoms with Gasteiger partial charge in [-0.2, -0.15) is 8.78 Å². The number of alkyl halides is 2. The minimum atomic E-state index is -3.03. The molecule has 0 atom stereocenters. The van der Waals surface area contributed by atoms with E-state index >= 15 is 0 Å². The molecule has 66 valence electrons. The van der Waals surface area contributed by atoms with E-state index in [4.69, 9.17) is 0 Å². The Kier molecular flexibility index (Phi) is 2.52. The van der Waals surface area contributed by atoms with Crippen LogP contribution in [0.25, 0.3) is 0 Å². The number of rotatable bonds is 2. The quantitative estimate of drug-likeness (QED) is 0.635. The summed E-state index contributed by atoms with van der Waals surface area (Å²) >= 11 is 0. The van der Waals surface area contributed by atoms with E-state index < -0.39 is 24.0 Å². The van der Waals surface area contributed by atoms with Gasteiger partial charge in [-0.1, -0.05) is 0 Å². The lowest BCUT2D eigenvalue weighted by Gasteiger charge is -2.03. The van der Waals surface area contributed by atoms with Crippen molar-refractivity contribution in [3.8, 4) is 5.75 Å². The minimum absolute atomic E-state index is 0.399. The van der Waals surface area contributed by atoms with Crippen molar-refractivity contribution in [2.24, 2.45) is 0 Å². The van der Waals surface area contributed by atoms with Crippen molar-refractivity contribution >= 4 is 0 Å². The molecule has 1 nitrogen and oxygen atoms in total. The fraction of sp³-hybridized carbons (Fsp3) is 0.143. The van der Waals surface area contributed by atoms with Crippen LogP contribution in [0, 0.1) is 11.6 Å². The van der Waals surface area contributed by atoms with Crippen molar-refractivity contribution in [1.29, 1.82) is 0 Å². The maximum Gasteiger partial charge on any atom is 0.387 e. The van der Waals surface area contributed by atoms with E-state index in [1.54, 1.807) is 0 Å². The second-order valence-electron chi connectivity index (χ2n) is 1.95. The van der Waals surface area contributed by atoms with Crippen molar-refractivity contribution in [2.75, 3.05) is 0 Å². The van der Waals surface area contributed by atoms with Crippen LogP contribution in [0.4, 0.5) is 17.6 Å². The van der Waals surface area contributed by atoms with Crippen LogP contribution in [0.15, 0.2) is 18.2 Å². The Morgan fingerprint density at radius 2 is 1.75 bits per heavy atom. The van der Waals surface area contributed by atoms with Crippen molar-refractivity contribution < 1.29 is 22.3 Å². The molecule has 0 aliphatic rings. The molecule has 0 amide bonds. The highest BCUT2D eigenvalue weighted by atomic mass is 19.3. The Bertz CT molecular complexity index is 274. The van der Waals surface area contributed by atoms with Crippen molar-refractivity contribution in [2.45, 2.75) is 6.61 Å². The Balaban J connectivity index is 2.82. The Labute approximate surface area is 65.6 Å². The molecule has 0 fully saturated rings. The molecule has 0 spiro atoms. The molecule has 0 aliphatic carbocycles. The molecule has 0 aliphatic heterocycles. The zero-order valence-corrected chi connectivity index (χ0v) is 5.73. The van der Waals surface area contributed by atoms with E-state index in [1.165, 1.54) is 0 Å². The van der Waals surface area contributed by atoms with Gasteiger partial charge in [0, 0.05) is 6.07 Å². The van der Waals surface area contributed by atoms with Crippen molar-refractivity contribution in [3.05, 3.63) is 29.8 Å². The molecular formula is C7H4F4O. The summed E-state index contributed by atoms with van der Waals surface area (Å²) in [5, 5.41) is 0. The van der Waals surface area contributed by atoms with Crippen LogP contribution in [0.1, 0.15) is 0 Å². The number of halogens is 4. The van der Waals surface area contributed by atoms with Gasteiger partial charge < -0.3 is 4.74 Å². The average Bonchev–Trinajstić information content (AvgIpc) is 1.96. The Morgan fingerprint density at radius 3 is 2.25 bits per heavy atom. The number of ether oxygens (including phenoxy) is 1. The van der Waals surface area contributed by atoms with E-state index in [-0.39, 0.29) is 0 Å². The molecule has 0 aromatic heterocycles. The van der Waals surface area contributed by atoms with Gasteiger partial charge in [0.15, 0.2) is 11.6 Å². The topological polar surface area (TPSA) is 9.23 Å². The maximum absolute atomic E-state index is 12.3. The average molecular weight is 180 g/mol. The Hall–Kier alpha value is -1.26. The highest BCUT2D eigenvalue weighted by Gasteiger charge is 2.07. The lowest BCUT2D eigenvalue weighted by atomic mass is 10.3. The van der Waals surface area contributed by atoms with E-state index in [9.17, 15) is 17.6 Å². The molecule has 1 aromatic rings. The second-order valence-corrected chi connectivity index (χ2v) is 1.95. The van der Waals surface area contributed by atoms with Gasteiger partial charge in [0.2, 0.25) is 0 Å². The van der Waals surface area contributed by atoms with E-state index in [0.717, 1.165) is 6.07 Å². The predicted octanol–water partition coefficient (Wildman–Crippen LogP) is 2.57. The van der Waals surface area contributed by atoms with Crippen LogP contribution in [-0.4, -0.2) is 6.61 Å². The summed E-state index contributed by atoms with van der Waals surface area (Å²) in [5.74, 6) is -2.71. The highest BCUT2D eigenvalue weighted by Crippen LogP contribution is 2.17. The van der Waals surface area contributed by atoms with Crippen LogP contribution in [0.2, 0.25) is 0 Å². The van der Waals surface area contributed by atoms with Crippen molar-refractivity contribution in [3.63, 3.8) is 0 Å². The minimum Gasteiger partial charge on any atom is -0.435 e. The van der Waals surface area contributed by atoms with E-state index in [0.29, 0.717) is 12.1 Å². The smallest absolute Gasteiger partial charge is 0.387 e. The summed E-state index contributed by atoms with van der Waals surface area (Å²) in [7, 11) is 0. The zero-order chi connectivity index (χ0) is 9.14. The van der Waals surface area contributed by atoms with Gasteiger partial charge in [-0.05, 0) is 12.1 Å². The van der Waals surface area contributed by atoms with Crippen LogP contribution in [0.5, 0.6) is 5.75 Å². The zero-order valence-electron chi connectivity index (χ0n) is 5.73. The summed E-state index contributed by atoms with van der Waals surface area (Å²) in [6, 6.07) is 2.19. The van der Waals surface area contributed by atoms with Gasteiger partial charge in [-0.3, -0.25) is 0 Å². The van der Waals surface area contributed by atoms with Gasteiger partial charge >= 0.3 is 6.61 Å². The number of hydrogen-bond donors (Lipinski definition) is 0. The number of hydrogen-bond acceptors (Lipinski definition) is 1. The second kappa shape index (κ2) is 3.42. The van der Waals surface area contributed by atoms with Crippen LogP contribution in [0.3, 0.4) is 0 Å². The molecule has 0 saturated carbocycles. The van der Waals surface area contributed by atoms with Crippen molar-refractivity contribution in [1.82, 2.24) is 0 Å². The maximum atomic E-state index is 12.3. The normalized spacial score (nSPS) is 10.4. The molecule has 5 heteroatoms. The first kappa shape index (κ1) is 8.83. The fourth-order valence-corrected chi connectivity index (χ4v) is 0.653. The highest BCUT2D eigenvalue weighted by molar-refractivity contribution is 5.23. The van der Waals surface area contributed by atoms with Crippen LogP contribution < -0.4 is 4.74 Å². The first-order chi connectivity index (χ1) is 5.59. The van der Waals surface area contributed by atoms with Gasteiger partial charge in [-0.15, -0.1) is 0 Å². The van der Waals surface area contributed by atoms with Crippen LogP contribution in [-0.2, 0) is 0 Å². The summed E-state index contributed by atoms with van der Waals surface area (Å²) < 4.78 is 51.4. The molecular weight excluding hydrogens is 176 g/mol. The van der Waals surface area contributed by atoms with E-state index in [2.05, 4.69) is 4.74 Å². The van der Waals surface area contributed by atoms with Gasteiger partial charge in [-0.25, -0.2) is 8.78 Å². The summed E-state index contributed by atoms with van der Waals surface area (Å²) in [4.78, 5) is 0. The molecule has 12 heavy (non-hydrogen) atoms. The number of benzene rings is 1. The molecule has 0 N–H and O–H groups in total. The molecule has 0 unspecified atom stereocenters. The Morgan fingerprint density at radius 1 is 1.08 bits per heavy atom.